The molecule has 1 unspecified atom stereocenters. The Bertz CT molecular complexity index is 369. The van der Waals surface area contributed by atoms with Crippen molar-refractivity contribution in [1.82, 2.24) is 10.2 Å². The van der Waals surface area contributed by atoms with E-state index < -0.39 is 5.54 Å². The van der Waals surface area contributed by atoms with Crippen LogP contribution in [0.25, 0.3) is 0 Å². The molecule has 0 saturated carbocycles. The number of likely N-dealkylation sites (N-methyl/N-ethyl adjacent to an activating group) is 1. The first-order valence-corrected chi connectivity index (χ1v) is 6.17. The van der Waals surface area contributed by atoms with Crippen LogP contribution in [0.4, 0.5) is 0 Å². The molecule has 0 saturated heterocycles. The Balaban J connectivity index is 2.85. The average Bonchev–Trinajstić information content (AvgIpc) is 2.38. The molecule has 2 N–H and O–H groups in total. The third kappa shape index (κ3) is 3.70. The quantitative estimate of drug-likeness (QED) is 0.761. The van der Waals surface area contributed by atoms with Gasteiger partial charge in [0.1, 0.15) is 5.75 Å². The molecule has 0 radical (unpaired) electrons. The molecule has 0 bridgehead atoms. The molecule has 0 amide bonds. The number of hydrogen-bond donors (Lipinski definition) is 2. The Hall–Kier alpha value is -1.10. The normalized spacial score (nSPS) is 14.6. The molecule has 4 heteroatoms. The maximum atomic E-state index is 9.69. The minimum Gasteiger partial charge on any atom is -0.496 e. The van der Waals surface area contributed by atoms with Crippen LogP contribution in [-0.2, 0) is 5.54 Å². The Morgan fingerprint density at radius 3 is 2.56 bits per heavy atom. The maximum absolute atomic E-state index is 9.69. The number of nitrogens with zero attached hydrogens (tertiary/aromatic N) is 1. The minimum atomic E-state index is -0.484. The van der Waals surface area contributed by atoms with Gasteiger partial charge < -0.3 is 20.1 Å². The van der Waals surface area contributed by atoms with Gasteiger partial charge in [0.05, 0.1) is 19.3 Å². The number of aliphatic hydroxyl groups is 1. The summed E-state index contributed by atoms with van der Waals surface area (Å²) in [6.07, 6.45) is 0. The summed E-state index contributed by atoms with van der Waals surface area (Å²) in [6, 6.07) is 7.79. The molecule has 0 aliphatic carbocycles. The fourth-order valence-electron chi connectivity index (χ4n) is 1.89. The summed E-state index contributed by atoms with van der Waals surface area (Å²) in [6.45, 7) is 3.74. The highest BCUT2D eigenvalue weighted by molar-refractivity contribution is 5.38. The number of benzene rings is 1. The fraction of sp³-hybridized carbons (Fsp3) is 0.571. The average molecular weight is 252 g/mol. The molecule has 102 valence electrons. The molecule has 18 heavy (non-hydrogen) atoms. The largest absolute Gasteiger partial charge is 0.496 e. The SMILES string of the molecule is COc1ccccc1C(C)(CO)NCCN(C)C. The molecule has 1 aromatic rings. The fourth-order valence-corrected chi connectivity index (χ4v) is 1.89. The summed E-state index contributed by atoms with van der Waals surface area (Å²) in [5.74, 6) is 0.798. The number of hydrogen-bond acceptors (Lipinski definition) is 4. The number of methoxy groups -OCH3 is 1. The van der Waals surface area contributed by atoms with Crippen molar-refractivity contribution in [2.75, 3.05) is 40.9 Å². The third-order valence-electron chi connectivity index (χ3n) is 3.09. The summed E-state index contributed by atoms with van der Waals surface area (Å²) >= 11 is 0. The lowest BCUT2D eigenvalue weighted by Crippen LogP contribution is -2.45. The lowest BCUT2D eigenvalue weighted by Gasteiger charge is -2.31. The van der Waals surface area contributed by atoms with Crippen LogP contribution in [0.5, 0.6) is 5.75 Å². The molecule has 0 aliphatic heterocycles. The molecule has 0 spiro atoms. The van der Waals surface area contributed by atoms with Gasteiger partial charge in [0.2, 0.25) is 0 Å². The van der Waals surface area contributed by atoms with E-state index in [4.69, 9.17) is 4.74 Å². The van der Waals surface area contributed by atoms with Gasteiger partial charge in [-0.25, -0.2) is 0 Å². The van der Waals surface area contributed by atoms with E-state index in [1.807, 2.05) is 45.3 Å². The van der Waals surface area contributed by atoms with Crippen LogP contribution in [0.15, 0.2) is 24.3 Å². The van der Waals surface area contributed by atoms with Crippen LogP contribution in [0, 0.1) is 0 Å². The number of para-hydroxylation sites is 1. The van der Waals surface area contributed by atoms with Crippen molar-refractivity contribution in [3.63, 3.8) is 0 Å². The van der Waals surface area contributed by atoms with E-state index in [0.29, 0.717) is 0 Å². The zero-order valence-electron chi connectivity index (χ0n) is 11.7. The summed E-state index contributed by atoms with van der Waals surface area (Å²) in [4.78, 5) is 2.10. The highest BCUT2D eigenvalue weighted by Crippen LogP contribution is 2.29. The van der Waals surface area contributed by atoms with E-state index in [9.17, 15) is 5.11 Å². The topological polar surface area (TPSA) is 44.7 Å². The molecule has 1 aromatic carbocycles. The zero-order valence-corrected chi connectivity index (χ0v) is 11.7. The van der Waals surface area contributed by atoms with E-state index >= 15 is 0 Å². The zero-order chi connectivity index (χ0) is 13.6. The van der Waals surface area contributed by atoms with E-state index in [0.717, 1.165) is 24.4 Å². The van der Waals surface area contributed by atoms with Crippen LogP contribution >= 0.6 is 0 Å². The van der Waals surface area contributed by atoms with Crippen molar-refractivity contribution in [3.8, 4) is 5.75 Å². The van der Waals surface area contributed by atoms with Crippen molar-refractivity contribution in [3.05, 3.63) is 29.8 Å². The lowest BCUT2D eigenvalue weighted by atomic mass is 9.92. The van der Waals surface area contributed by atoms with Gasteiger partial charge in [-0.3, -0.25) is 0 Å². The van der Waals surface area contributed by atoms with Crippen LogP contribution in [0.1, 0.15) is 12.5 Å². The van der Waals surface area contributed by atoms with Crippen molar-refractivity contribution in [2.45, 2.75) is 12.5 Å². The second-order valence-electron chi connectivity index (χ2n) is 4.92. The Kier molecular flexibility index (Phi) is 5.59. The highest BCUT2D eigenvalue weighted by atomic mass is 16.5. The van der Waals surface area contributed by atoms with Gasteiger partial charge in [0.15, 0.2) is 0 Å². The van der Waals surface area contributed by atoms with Gasteiger partial charge in [0.25, 0.3) is 0 Å². The van der Waals surface area contributed by atoms with Gasteiger partial charge in [-0.1, -0.05) is 18.2 Å². The van der Waals surface area contributed by atoms with E-state index in [-0.39, 0.29) is 6.61 Å². The first-order valence-electron chi connectivity index (χ1n) is 6.17. The Morgan fingerprint density at radius 2 is 2.00 bits per heavy atom. The van der Waals surface area contributed by atoms with Crippen LogP contribution in [0.2, 0.25) is 0 Å². The highest BCUT2D eigenvalue weighted by Gasteiger charge is 2.28. The number of rotatable bonds is 7. The van der Waals surface area contributed by atoms with E-state index in [1.54, 1.807) is 7.11 Å². The summed E-state index contributed by atoms with van der Waals surface area (Å²) in [5.41, 5.74) is 0.497. The molecule has 1 rings (SSSR count). The van der Waals surface area contributed by atoms with Gasteiger partial charge in [-0.05, 0) is 27.1 Å². The Morgan fingerprint density at radius 1 is 1.33 bits per heavy atom. The first-order chi connectivity index (χ1) is 8.53. The molecule has 0 fully saturated rings. The predicted molar refractivity (Wildman–Crippen MR) is 74.0 cm³/mol. The van der Waals surface area contributed by atoms with Gasteiger partial charge >= 0.3 is 0 Å². The lowest BCUT2D eigenvalue weighted by molar-refractivity contribution is 0.168. The molecule has 1 atom stereocenters. The summed E-state index contributed by atoms with van der Waals surface area (Å²) in [7, 11) is 5.71. The molecule has 0 aromatic heterocycles. The van der Waals surface area contributed by atoms with Crippen LogP contribution < -0.4 is 10.1 Å². The Labute approximate surface area is 110 Å². The van der Waals surface area contributed by atoms with Crippen molar-refractivity contribution < 1.29 is 9.84 Å². The minimum absolute atomic E-state index is 0.0286. The van der Waals surface area contributed by atoms with Crippen molar-refractivity contribution >= 4 is 0 Å². The van der Waals surface area contributed by atoms with Crippen molar-refractivity contribution in [1.29, 1.82) is 0 Å². The van der Waals surface area contributed by atoms with Gasteiger partial charge in [-0.15, -0.1) is 0 Å². The molecular formula is C14H24N2O2. The first kappa shape index (κ1) is 15.0. The second kappa shape index (κ2) is 6.73. The van der Waals surface area contributed by atoms with Crippen molar-refractivity contribution in [2.24, 2.45) is 0 Å². The monoisotopic (exact) mass is 252 g/mol. The van der Waals surface area contributed by atoms with Crippen LogP contribution in [-0.4, -0.2) is 50.9 Å². The second-order valence-corrected chi connectivity index (χ2v) is 4.92. The molecule has 4 nitrogen and oxygen atoms in total. The number of aliphatic hydroxyl groups excluding tert-OH is 1. The van der Waals surface area contributed by atoms with E-state index in [2.05, 4.69) is 10.2 Å². The number of ether oxygens (including phenoxy) is 1. The molecule has 0 aliphatic rings. The smallest absolute Gasteiger partial charge is 0.123 e. The molecule has 0 heterocycles. The third-order valence-corrected chi connectivity index (χ3v) is 3.09. The molecular weight excluding hydrogens is 228 g/mol. The predicted octanol–water partition coefficient (Wildman–Crippen LogP) is 1.05. The van der Waals surface area contributed by atoms with Gasteiger partial charge in [-0.2, -0.15) is 0 Å². The van der Waals surface area contributed by atoms with Gasteiger partial charge in [0, 0.05) is 18.7 Å². The number of nitrogens with one attached hydrogen (secondary N) is 1. The van der Waals surface area contributed by atoms with Crippen LogP contribution in [0.3, 0.4) is 0 Å². The van der Waals surface area contributed by atoms with E-state index in [1.165, 1.54) is 0 Å². The maximum Gasteiger partial charge on any atom is 0.123 e. The standard InChI is InChI=1S/C14H24N2O2/c1-14(11-17,15-9-10-16(2)3)12-7-5-6-8-13(12)18-4/h5-8,15,17H,9-11H2,1-4H3. The summed E-state index contributed by atoms with van der Waals surface area (Å²) in [5, 5.41) is 13.1. The summed E-state index contributed by atoms with van der Waals surface area (Å²) < 4.78 is 5.36.